The highest BCUT2D eigenvalue weighted by atomic mass is 14.3. The summed E-state index contributed by atoms with van der Waals surface area (Å²) in [5, 5.41) is 0. The number of aryl methyl sites for hydroxylation is 11. The van der Waals surface area contributed by atoms with Crippen molar-refractivity contribution in [3.05, 3.63) is 378 Å². The molecule has 0 fully saturated rings. The maximum Gasteiger partial charge on any atom is -0.0127 e. The van der Waals surface area contributed by atoms with Gasteiger partial charge in [0.25, 0.3) is 0 Å². The highest BCUT2D eigenvalue weighted by Crippen LogP contribution is 2.35. The number of hydrogen-bond acceptors (Lipinski definition) is 0. The second-order valence-electron chi connectivity index (χ2n) is 40.9. The molecule has 0 amide bonds. The topological polar surface area (TPSA) is 0 Å². The van der Waals surface area contributed by atoms with E-state index >= 15 is 0 Å². The molecule has 0 N–H and O–H groups in total. The lowest BCUT2D eigenvalue weighted by atomic mass is 9.81. The zero-order chi connectivity index (χ0) is 111. The normalized spacial score (nSPS) is 10.1. The van der Waals surface area contributed by atoms with Crippen molar-refractivity contribution in [2.24, 2.45) is 0 Å². The first-order valence-corrected chi connectivity index (χ1v) is 54.5. The van der Waals surface area contributed by atoms with Gasteiger partial charge in [-0.1, -0.05) is 627 Å². The fourth-order valence-electron chi connectivity index (χ4n) is 14.6. The van der Waals surface area contributed by atoms with E-state index in [1.165, 1.54) is 156 Å². The van der Waals surface area contributed by atoms with E-state index < -0.39 is 0 Å². The molecular formula is C140H224. The van der Waals surface area contributed by atoms with E-state index in [0.717, 1.165) is 0 Å². The summed E-state index contributed by atoms with van der Waals surface area (Å²) in [7, 11) is 0. The zero-order valence-corrected chi connectivity index (χ0v) is 103. The lowest BCUT2D eigenvalue weighted by Crippen LogP contribution is -2.14. The summed E-state index contributed by atoms with van der Waals surface area (Å²) >= 11 is 0. The summed E-state index contributed by atoms with van der Waals surface area (Å²) in [5.41, 5.74) is 40.2. The molecule has 12 aromatic rings. The summed E-state index contributed by atoms with van der Waals surface area (Å²) in [4.78, 5) is 0. The van der Waals surface area contributed by atoms with Gasteiger partial charge in [-0.15, -0.1) is 0 Å². The van der Waals surface area contributed by atoms with Crippen LogP contribution in [0.3, 0.4) is 0 Å². The van der Waals surface area contributed by atoms with Crippen LogP contribution in [-0.4, -0.2) is 0 Å². The highest BCUT2D eigenvalue weighted by molar-refractivity contribution is 5.69. The first-order valence-electron chi connectivity index (χ1n) is 54.5. The molecular weight excluding hydrogens is 1680 g/mol. The molecule has 0 saturated carbocycles. The van der Waals surface area contributed by atoms with E-state index in [2.05, 4.69) is 516 Å². The third kappa shape index (κ3) is 58.3. The van der Waals surface area contributed by atoms with Gasteiger partial charge in [0.05, 0.1) is 0 Å². The minimum Gasteiger partial charge on any atom is -0.0683 e. The third-order valence-corrected chi connectivity index (χ3v) is 21.6. The molecule has 0 aliphatic heterocycles. The molecule has 12 rings (SSSR count). The van der Waals surface area contributed by atoms with Gasteiger partial charge in [-0.2, -0.15) is 0 Å². The molecule has 0 radical (unpaired) electrons. The van der Waals surface area contributed by atoms with Crippen molar-refractivity contribution in [3.8, 4) is 44.5 Å². The van der Waals surface area contributed by atoms with Gasteiger partial charge < -0.3 is 0 Å². The summed E-state index contributed by atoms with van der Waals surface area (Å²) in [6.45, 7) is 128. The molecule has 0 heteroatoms. The molecule has 0 bridgehead atoms. The van der Waals surface area contributed by atoms with Crippen LogP contribution in [0.15, 0.2) is 267 Å². The van der Waals surface area contributed by atoms with Crippen LogP contribution in [0.2, 0.25) is 0 Å². The first kappa shape index (κ1) is 146. The fraction of sp³-hybridized carbons (Fsp3) is 0.486. The monoisotopic (exact) mass is 1910 g/mol. The zero-order valence-electron chi connectivity index (χ0n) is 103. The quantitative estimate of drug-likeness (QED) is 0.165. The Balaban J connectivity index is -0.000000230. The van der Waals surface area contributed by atoms with Gasteiger partial charge in [0.2, 0.25) is 0 Å². The molecule has 784 valence electrons. The van der Waals surface area contributed by atoms with Crippen LogP contribution in [-0.2, 0) is 43.3 Å². The van der Waals surface area contributed by atoms with Gasteiger partial charge in [-0.3, -0.25) is 0 Å². The third-order valence-electron chi connectivity index (χ3n) is 21.6. The lowest BCUT2D eigenvalue weighted by Gasteiger charge is -2.23. The second kappa shape index (κ2) is 77.3. The Morgan fingerprint density at radius 2 is 0.407 bits per heavy atom. The molecule has 0 aliphatic carbocycles. The van der Waals surface area contributed by atoms with Gasteiger partial charge in [-0.25, -0.2) is 0 Å². The van der Waals surface area contributed by atoms with Gasteiger partial charge in [0.15, 0.2) is 0 Å². The van der Waals surface area contributed by atoms with Crippen LogP contribution in [0.1, 0.15) is 444 Å². The summed E-state index contributed by atoms with van der Waals surface area (Å²) < 4.78 is 0. The number of rotatable bonds is 4. The van der Waals surface area contributed by atoms with Crippen LogP contribution in [0.4, 0.5) is 0 Å². The van der Waals surface area contributed by atoms with E-state index in [-0.39, 0.29) is 43.3 Å². The minimum atomic E-state index is 0.209. The van der Waals surface area contributed by atoms with Gasteiger partial charge in [0, 0.05) is 0 Å². The molecule has 12 aromatic carbocycles. The summed E-state index contributed by atoms with van der Waals surface area (Å²) in [5.74, 6) is 0. The standard InChI is InChI=1S/4C17H20.4C12H18.12C2H6/c1-13-5-7-14(8-6-13)15-9-11-16(12-10-15)17(2,3)4;1-13-8-10-14(11-9-13)15-6-5-7-16(12-15)17(2,3)4;1-13-6-5-7-15(12-13)14-8-10-16(11-9-14)17(2,3)4;1-13-7-5-6-8-16(13)14-9-11-15(12-10-14)17(2,3)4;1-9-6-7-11(10(2)8-9)12(3,4)5;1-9-6-7-10(2)11(8-9)12(3,4)5;1-9-7-6-8-11(10(9)2)12(3,4)5;1-9-7-6-8-10(2)11(9)12(3,4)5;12*1-2/h4*5-12H,1-4H3;4*6-8H,1-5H3;12*1-2H3. The smallest absolute Gasteiger partial charge is 0.0127 e. The molecule has 0 nitrogen and oxygen atoms in total. The van der Waals surface area contributed by atoms with E-state index in [1.54, 1.807) is 0 Å². The van der Waals surface area contributed by atoms with E-state index in [0.29, 0.717) is 0 Å². The van der Waals surface area contributed by atoms with Crippen LogP contribution in [0.25, 0.3) is 44.5 Å². The van der Waals surface area contributed by atoms with Crippen molar-refractivity contribution in [3.63, 3.8) is 0 Å². The average Bonchev–Trinajstić information content (AvgIpc) is 0.817. The average molecular weight is 1910 g/mol. The molecule has 0 spiro atoms. The van der Waals surface area contributed by atoms with Crippen molar-refractivity contribution >= 4 is 0 Å². The van der Waals surface area contributed by atoms with Gasteiger partial charge in [0.1, 0.15) is 0 Å². The Morgan fingerprint density at radius 3 is 0.714 bits per heavy atom. The molecule has 140 heavy (non-hydrogen) atoms. The SMILES string of the molecule is CC.CC.CC.CC.CC.CC.CC.CC.CC.CC.CC.CC.Cc1ccc(-c2ccc(C(C)(C)C)cc2)cc1.Cc1ccc(-c2cccc(C(C)(C)C)c2)cc1.Cc1ccc(C(C)(C)C)c(C)c1.Cc1ccc(C)c(C(C)(C)C)c1.Cc1cccc(-c2ccc(C(C)(C)C)cc2)c1.Cc1cccc(C(C)(C)C)c1C.Cc1cccc(C)c1C(C)(C)C.Cc1ccccc1-c1ccc(C(C)(C)C)cc1. The first-order chi connectivity index (χ1) is 65.6. The fourth-order valence-corrected chi connectivity index (χ4v) is 14.6. The highest BCUT2D eigenvalue weighted by Gasteiger charge is 2.22. The Morgan fingerprint density at radius 1 is 0.136 bits per heavy atom. The molecule has 0 aliphatic rings. The Hall–Kier alpha value is -9.36. The number of hydrogen-bond donors (Lipinski definition) is 0. The number of benzene rings is 12. The van der Waals surface area contributed by atoms with Crippen LogP contribution in [0, 0.1) is 83.1 Å². The molecule has 0 unspecified atom stereocenters. The summed E-state index contributed by atoms with van der Waals surface area (Å²) in [6.07, 6.45) is 0. The van der Waals surface area contributed by atoms with Crippen molar-refractivity contribution in [2.75, 3.05) is 0 Å². The molecule has 0 saturated heterocycles. The van der Waals surface area contributed by atoms with Crippen LogP contribution >= 0.6 is 0 Å². The van der Waals surface area contributed by atoms with Gasteiger partial charge >= 0.3 is 0 Å². The van der Waals surface area contributed by atoms with Crippen LogP contribution < -0.4 is 0 Å². The largest absolute Gasteiger partial charge is 0.0683 e. The summed E-state index contributed by atoms with van der Waals surface area (Å²) in [6, 6.07) is 96.5. The Bertz CT molecular complexity index is 4950. The molecule has 0 atom stereocenters. The Labute approximate surface area is 875 Å². The predicted octanol–water partition coefficient (Wildman–Crippen LogP) is 46.6. The van der Waals surface area contributed by atoms with E-state index in [9.17, 15) is 0 Å². The van der Waals surface area contributed by atoms with Crippen molar-refractivity contribution < 1.29 is 0 Å². The van der Waals surface area contributed by atoms with Gasteiger partial charge in [-0.05, 0) is 254 Å². The second-order valence-corrected chi connectivity index (χ2v) is 40.9. The van der Waals surface area contributed by atoms with E-state index in [4.69, 9.17) is 0 Å². The molecule has 0 aromatic heterocycles. The maximum absolute atomic E-state index is 2.30. The lowest BCUT2D eigenvalue weighted by molar-refractivity contribution is 0.582. The van der Waals surface area contributed by atoms with Crippen molar-refractivity contribution in [1.29, 1.82) is 0 Å². The Kier molecular flexibility index (Phi) is 80.6. The minimum absolute atomic E-state index is 0.209. The van der Waals surface area contributed by atoms with Crippen molar-refractivity contribution in [1.82, 2.24) is 0 Å². The molecule has 0 heterocycles. The van der Waals surface area contributed by atoms with E-state index in [1.807, 2.05) is 166 Å². The predicted molar refractivity (Wildman–Crippen MR) is 656 cm³/mol. The maximum atomic E-state index is 2.30. The van der Waals surface area contributed by atoms with Crippen LogP contribution in [0.5, 0.6) is 0 Å². The van der Waals surface area contributed by atoms with Crippen molar-refractivity contribution in [2.45, 2.75) is 459 Å².